The number of carbonyl (C=O) groups excluding carboxylic acids is 1. The normalized spacial score (nSPS) is 24.8. The average Bonchev–Trinajstić information content (AvgIpc) is 2.93. The number of hydrogen-bond donors (Lipinski definition) is 2. The van der Waals surface area contributed by atoms with Gasteiger partial charge in [0.1, 0.15) is 29.3 Å². The minimum absolute atomic E-state index is 0.0726. The number of carboxylic acid groups (broad SMARTS) is 1. The first-order chi connectivity index (χ1) is 13.7. The maximum Gasteiger partial charge on any atom is 0.548 e. The van der Waals surface area contributed by atoms with Gasteiger partial charge in [0.25, 0.3) is 5.91 Å². The molecule has 0 saturated carbocycles. The van der Waals surface area contributed by atoms with E-state index in [1.807, 2.05) is 0 Å². The van der Waals surface area contributed by atoms with E-state index in [9.17, 15) is 28.6 Å². The zero-order valence-corrected chi connectivity index (χ0v) is 17.8. The molecule has 1 aromatic carbocycles. The third-order valence-electron chi connectivity index (χ3n) is 5.75. The molecular weight excluding hydrogens is 398 g/mol. The Kier molecular flexibility index (Phi) is 5.07. The van der Waals surface area contributed by atoms with E-state index in [-0.39, 0.29) is 30.5 Å². The van der Waals surface area contributed by atoms with Crippen LogP contribution in [-0.2, 0) is 26.3 Å². The van der Waals surface area contributed by atoms with Crippen molar-refractivity contribution in [2.24, 2.45) is 0 Å². The van der Waals surface area contributed by atoms with E-state index in [1.165, 1.54) is 9.48 Å². The second-order valence-corrected chi connectivity index (χ2v) is 9.37. The highest BCUT2D eigenvalue weighted by Crippen LogP contribution is 2.47. The fraction of sp³-hybridized carbons (Fsp3) is 0.571. The van der Waals surface area contributed by atoms with Crippen LogP contribution in [0.25, 0.3) is 0 Å². The molecule has 1 fully saturated rings. The Morgan fingerprint density at radius 3 is 2.47 bits per heavy atom. The summed E-state index contributed by atoms with van der Waals surface area (Å²) in [4.78, 5) is 26.2. The van der Waals surface area contributed by atoms with Gasteiger partial charge >= 0.3 is 12.1 Å². The van der Waals surface area contributed by atoms with Crippen LogP contribution in [0.5, 0.6) is 0 Å². The van der Waals surface area contributed by atoms with Gasteiger partial charge in [-0.1, -0.05) is 0 Å². The lowest BCUT2D eigenvalue weighted by Crippen LogP contribution is -2.69. The fourth-order valence-corrected chi connectivity index (χ4v) is 4.36. The number of aliphatic carboxylic acids is 1. The number of aliphatic hydroxyl groups is 1. The summed E-state index contributed by atoms with van der Waals surface area (Å²) >= 11 is 0. The number of carbonyl (C=O) groups is 2. The zero-order valence-electron chi connectivity index (χ0n) is 17.8. The molecule has 1 heterocycles. The lowest BCUT2D eigenvalue weighted by atomic mass is 9.82. The summed E-state index contributed by atoms with van der Waals surface area (Å²) < 4.78 is 35.5. The molecule has 1 unspecified atom stereocenters. The number of aliphatic hydroxyl groups excluding tert-OH is 1. The molecule has 3 rings (SSSR count). The molecule has 1 amide bonds. The molecule has 0 bridgehead atoms. The van der Waals surface area contributed by atoms with Gasteiger partial charge in [-0.05, 0) is 50.8 Å². The Hall–Kier alpha value is -2.71. The maximum absolute atomic E-state index is 14.5. The van der Waals surface area contributed by atoms with Gasteiger partial charge in [-0.25, -0.2) is 8.78 Å². The summed E-state index contributed by atoms with van der Waals surface area (Å²) in [6.07, 6.45) is -0.0996. The standard InChI is InChI=1S/C21H26F2N2O5/c1-19(2,3)30-18(29)25-11-21(24(10-16(26)27)17(28)20(25,4)5)7-6-13-14(21)8-12(22)9-15(13)23/h8-9H,6-7,10-11H2,1-5H3,(H,26,27)/p+1. The van der Waals surface area contributed by atoms with Gasteiger partial charge in [-0.3, -0.25) is 9.59 Å². The molecule has 1 saturated heterocycles. The van der Waals surface area contributed by atoms with E-state index in [0.29, 0.717) is 0 Å². The van der Waals surface area contributed by atoms with Crippen molar-refractivity contribution in [2.75, 3.05) is 13.1 Å². The monoisotopic (exact) mass is 425 g/mol. The number of piperazine rings is 1. The molecule has 164 valence electrons. The van der Waals surface area contributed by atoms with E-state index in [0.717, 1.165) is 12.1 Å². The topological polar surface area (TPSA) is 90.1 Å². The van der Waals surface area contributed by atoms with Crippen LogP contribution in [0, 0.1) is 11.6 Å². The van der Waals surface area contributed by atoms with Crippen LogP contribution in [0.4, 0.5) is 8.78 Å². The second-order valence-electron chi connectivity index (χ2n) is 9.37. The number of benzene rings is 1. The molecule has 7 nitrogen and oxygen atoms in total. The van der Waals surface area contributed by atoms with Crippen LogP contribution in [0.3, 0.4) is 0 Å². The van der Waals surface area contributed by atoms with Crippen molar-refractivity contribution in [1.82, 2.24) is 4.90 Å². The van der Waals surface area contributed by atoms with Crippen LogP contribution in [-0.4, -0.2) is 61.9 Å². The Balaban J connectivity index is 2.25. The van der Waals surface area contributed by atoms with Crippen molar-refractivity contribution < 1.29 is 37.9 Å². The third-order valence-corrected chi connectivity index (χ3v) is 5.75. The van der Waals surface area contributed by atoms with Crippen molar-refractivity contribution in [3.8, 4) is 0 Å². The van der Waals surface area contributed by atoms with E-state index >= 15 is 0 Å². The Labute approximate surface area is 173 Å². The van der Waals surface area contributed by atoms with Gasteiger partial charge < -0.3 is 19.8 Å². The smallest absolute Gasteiger partial charge is 0.480 e. The molecule has 30 heavy (non-hydrogen) atoms. The molecule has 9 heteroatoms. The summed E-state index contributed by atoms with van der Waals surface area (Å²) in [5.41, 5.74) is -2.96. The van der Waals surface area contributed by atoms with Crippen molar-refractivity contribution >= 4 is 18.0 Å². The first kappa shape index (κ1) is 22.0. The highest BCUT2D eigenvalue weighted by atomic mass is 19.1. The van der Waals surface area contributed by atoms with Gasteiger partial charge in [0.15, 0.2) is 6.54 Å². The number of halogens is 2. The summed E-state index contributed by atoms with van der Waals surface area (Å²) in [6.45, 7) is 7.56. The SMILES string of the molecule is CC(C)(C)OC(O)=[N+]1CC2(CCc3c(F)cc(F)cc32)N(CC(=O)O)C(=O)C1(C)C. The van der Waals surface area contributed by atoms with Crippen LogP contribution in [0.15, 0.2) is 12.1 Å². The maximum atomic E-state index is 14.5. The molecule has 0 radical (unpaired) electrons. The first-order valence-electron chi connectivity index (χ1n) is 9.74. The van der Waals surface area contributed by atoms with Crippen LogP contribution in [0.2, 0.25) is 0 Å². The summed E-state index contributed by atoms with van der Waals surface area (Å²) in [6, 6.07) is 1.92. The van der Waals surface area contributed by atoms with Crippen LogP contribution in [0.1, 0.15) is 52.2 Å². The van der Waals surface area contributed by atoms with Crippen molar-refractivity contribution in [1.29, 1.82) is 0 Å². The Morgan fingerprint density at radius 1 is 1.27 bits per heavy atom. The number of ether oxygens (including phenoxy) is 1. The predicted octanol–water partition coefficient (Wildman–Crippen LogP) is 2.55. The van der Waals surface area contributed by atoms with Crippen molar-refractivity contribution in [2.45, 2.75) is 64.1 Å². The minimum atomic E-state index is -1.34. The average molecular weight is 425 g/mol. The number of rotatable bonds is 2. The Morgan fingerprint density at radius 2 is 1.90 bits per heavy atom. The van der Waals surface area contributed by atoms with Crippen molar-refractivity contribution in [3.63, 3.8) is 0 Å². The zero-order chi connectivity index (χ0) is 22.6. The fourth-order valence-electron chi connectivity index (χ4n) is 4.36. The van der Waals surface area contributed by atoms with E-state index in [2.05, 4.69) is 0 Å². The molecule has 1 atom stereocenters. The molecule has 0 aromatic heterocycles. The molecular formula is C21H27F2N2O5+. The second kappa shape index (κ2) is 6.92. The van der Waals surface area contributed by atoms with E-state index in [1.54, 1.807) is 34.6 Å². The summed E-state index contributed by atoms with van der Waals surface area (Å²) in [5, 5.41) is 20.2. The number of amides is 1. The van der Waals surface area contributed by atoms with Gasteiger partial charge in [-0.2, -0.15) is 0 Å². The Bertz CT molecular complexity index is 951. The number of carboxylic acids is 1. The summed E-state index contributed by atoms with van der Waals surface area (Å²) in [7, 11) is 0. The van der Waals surface area contributed by atoms with E-state index in [4.69, 9.17) is 4.74 Å². The van der Waals surface area contributed by atoms with Crippen LogP contribution < -0.4 is 0 Å². The first-order valence-corrected chi connectivity index (χ1v) is 9.74. The predicted molar refractivity (Wildman–Crippen MR) is 103 cm³/mol. The number of nitrogens with zero attached hydrogens (tertiary/aromatic N) is 2. The number of fused-ring (bicyclic) bond motifs is 2. The van der Waals surface area contributed by atoms with Gasteiger partial charge in [0, 0.05) is 19.9 Å². The highest BCUT2D eigenvalue weighted by molar-refractivity contribution is 5.89. The van der Waals surface area contributed by atoms with Crippen molar-refractivity contribution in [3.05, 3.63) is 34.9 Å². The van der Waals surface area contributed by atoms with E-state index < -0.39 is 52.8 Å². The third kappa shape index (κ3) is 3.50. The molecule has 1 aromatic rings. The lowest BCUT2D eigenvalue weighted by molar-refractivity contribution is -0.622. The minimum Gasteiger partial charge on any atom is -0.480 e. The molecule has 1 spiro atoms. The molecule has 2 N–H and O–H groups in total. The van der Waals surface area contributed by atoms with Crippen LogP contribution >= 0.6 is 0 Å². The quantitative estimate of drug-likeness (QED) is 0.562. The molecule has 1 aliphatic carbocycles. The molecule has 1 aliphatic heterocycles. The van der Waals surface area contributed by atoms with Gasteiger partial charge in [-0.15, -0.1) is 4.58 Å². The summed E-state index contributed by atoms with van der Waals surface area (Å²) in [5.74, 6) is -3.37. The highest BCUT2D eigenvalue weighted by Gasteiger charge is 2.62. The van der Waals surface area contributed by atoms with Gasteiger partial charge in [0.2, 0.25) is 5.54 Å². The molecule has 2 aliphatic rings. The largest absolute Gasteiger partial charge is 0.548 e. The lowest BCUT2D eigenvalue weighted by Gasteiger charge is -2.46. The number of hydrogen-bond acceptors (Lipinski definition) is 3. The van der Waals surface area contributed by atoms with Gasteiger partial charge in [0.05, 0.1) is 0 Å².